The Kier molecular flexibility index (Phi) is 3.50. The van der Waals surface area contributed by atoms with E-state index in [-0.39, 0.29) is 5.97 Å². The van der Waals surface area contributed by atoms with Crippen LogP contribution in [0.15, 0.2) is 35.5 Å². The van der Waals surface area contributed by atoms with Crippen molar-refractivity contribution in [2.75, 3.05) is 6.61 Å². The second kappa shape index (κ2) is 4.65. The molecule has 0 aromatic rings. The summed E-state index contributed by atoms with van der Waals surface area (Å²) in [6.45, 7) is 4.25. The molecule has 0 aromatic heterocycles. The molecule has 0 radical (unpaired) electrons. The number of carbonyl (C=O) groups is 1. The van der Waals surface area contributed by atoms with Crippen molar-refractivity contribution in [3.05, 3.63) is 35.5 Å². The molecule has 0 atom stereocenters. The number of hydrogen-bond donors (Lipinski definition) is 0. The largest absolute Gasteiger partial charge is 0.463 e. The van der Waals surface area contributed by atoms with E-state index < -0.39 is 0 Å². The summed E-state index contributed by atoms with van der Waals surface area (Å²) >= 11 is 0. The lowest BCUT2D eigenvalue weighted by atomic mass is 10.2. The summed E-state index contributed by atoms with van der Waals surface area (Å²) in [6, 6.07) is 0. The molecule has 0 aromatic carbocycles. The van der Waals surface area contributed by atoms with E-state index in [2.05, 4.69) is 0 Å². The maximum atomic E-state index is 11.3. The predicted molar refractivity (Wildman–Crippen MR) is 52.2 cm³/mol. The van der Waals surface area contributed by atoms with E-state index in [0.29, 0.717) is 13.0 Å². The SMILES string of the molecule is CCOC(=O)C1=CC=C(C)C=CC1. The van der Waals surface area contributed by atoms with Gasteiger partial charge in [-0.1, -0.05) is 29.9 Å². The molecule has 13 heavy (non-hydrogen) atoms. The average Bonchev–Trinajstić information content (AvgIpc) is 2.30. The van der Waals surface area contributed by atoms with Crippen molar-refractivity contribution in [3.8, 4) is 0 Å². The maximum Gasteiger partial charge on any atom is 0.334 e. The Balaban J connectivity index is 2.71. The van der Waals surface area contributed by atoms with E-state index >= 15 is 0 Å². The van der Waals surface area contributed by atoms with E-state index in [1.165, 1.54) is 0 Å². The number of rotatable bonds is 2. The first-order valence-electron chi connectivity index (χ1n) is 4.45. The first-order chi connectivity index (χ1) is 6.24. The molecule has 0 saturated carbocycles. The predicted octanol–water partition coefficient (Wildman–Crippen LogP) is 2.38. The van der Waals surface area contributed by atoms with Crippen molar-refractivity contribution in [1.29, 1.82) is 0 Å². The molecule has 0 N–H and O–H groups in total. The Morgan fingerprint density at radius 2 is 2.31 bits per heavy atom. The molecule has 1 aliphatic rings. The van der Waals surface area contributed by atoms with Crippen molar-refractivity contribution in [1.82, 2.24) is 0 Å². The Bertz CT molecular complexity index is 282. The van der Waals surface area contributed by atoms with Gasteiger partial charge in [-0.2, -0.15) is 0 Å². The minimum atomic E-state index is -0.210. The Morgan fingerprint density at radius 3 is 3.00 bits per heavy atom. The number of esters is 1. The third-order valence-corrected chi connectivity index (χ3v) is 1.80. The van der Waals surface area contributed by atoms with Crippen LogP contribution in [0.5, 0.6) is 0 Å². The van der Waals surface area contributed by atoms with E-state index in [9.17, 15) is 4.79 Å². The molecule has 0 bridgehead atoms. The first kappa shape index (κ1) is 9.78. The molecule has 1 rings (SSSR count). The molecule has 0 spiro atoms. The molecule has 2 nitrogen and oxygen atoms in total. The second-order valence-electron chi connectivity index (χ2n) is 2.93. The summed E-state index contributed by atoms with van der Waals surface area (Å²) in [7, 11) is 0. The fourth-order valence-corrected chi connectivity index (χ4v) is 1.10. The van der Waals surface area contributed by atoms with E-state index in [4.69, 9.17) is 4.74 Å². The summed E-state index contributed by atoms with van der Waals surface area (Å²) < 4.78 is 4.90. The molecule has 0 fully saturated rings. The van der Waals surface area contributed by atoms with Gasteiger partial charge in [0.2, 0.25) is 0 Å². The van der Waals surface area contributed by atoms with Gasteiger partial charge >= 0.3 is 5.97 Å². The molecule has 0 saturated heterocycles. The summed E-state index contributed by atoms with van der Waals surface area (Å²) in [5.41, 5.74) is 1.87. The highest BCUT2D eigenvalue weighted by Crippen LogP contribution is 2.12. The van der Waals surface area contributed by atoms with Crippen LogP contribution in [0.3, 0.4) is 0 Å². The van der Waals surface area contributed by atoms with Crippen LogP contribution < -0.4 is 0 Å². The van der Waals surface area contributed by atoms with Crippen LogP contribution in [-0.4, -0.2) is 12.6 Å². The van der Waals surface area contributed by atoms with Crippen molar-refractivity contribution in [2.45, 2.75) is 20.3 Å². The van der Waals surface area contributed by atoms with Gasteiger partial charge in [-0.15, -0.1) is 0 Å². The van der Waals surface area contributed by atoms with Gasteiger partial charge in [0.05, 0.1) is 6.61 Å². The van der Waals surface area contributed by atoms with Gasteiger partial charge in [-0.05, 0) is 20.3 Å². The normalized spacial score (nSPS) is 15.8. The molecule has 1 aliphatic carbocycles. The summed E-state index contributed by atoms with van der Waals surface area (Å²) in [6.07, 6.45) is 8.39. The van der Waals surface area contributed by atoms with Crippen LogP contribution >= 0.6 is 0 Å². The zero-order valence-electron chi connectivity index (χ0n) is 8.04. The van der Waals surface area contributed by atoms with Crippen LogP contribution in [0.1, 0.15) is 20.3 Å². The van der Waals surface area contributed by atoms with Crippen molar-refractivity contribution in [3.63, 3.8) is 0 Å². The first-order valence-corrected chi connectivity index (χ1v) is 4.45. The zero-order valence-corrected chi connectivity index (χ0v) is 8.04. The van der Waals surface area contributed by atoms with Gasteiger partial charge in [-0.25, -0.2) is 4.79 Å². The highest BCUT2D eigenvalue weighted by Gasteiger charge is 2.08. The molecular formula is C11H14O2. The summed E-state index contributed by atoms with van der Waals surface area (Å²) in [5, 5.41) is 0. The maximum absolute atomic E-state index is 11.3. The van der Waals surface area contributed by atoms with E-state index in [0.717, 1.165) is 11.1 Å². The van der Waals surface area contributed by atoms with Crippen LogP contribution in [0.25, 0.3) is 0 Å². The standard InChI is InChI=1S/C11H14O2/c1-3-13-11(12)10-6-4-5-9(2)7-8-10/h4-5,7-8H,3,6H2,1-2H3. The van der Waals surface area contributed by atoms with Crippen molar-refractivity contribution >= 4 is 5.97 Å². The summed E-state index contributed by atoms with van der Waals surface area (Å²) in [5.74, 6) is -0.210. The molecule has 2 heteroatoms. The fraction of sp³-hybridized carbons (Fsp3) is 0.364. The summed E-state index contributed by atoms with van der Waals surface area (Å²) in [4.78, 5) is 11.3. The molecule has 0 heterocycles. The third-order valence-electron chi connectivity index (χ3n) is 1.80. The van der Waals surface area contributed by atoms with Crippen LogP contribution in [0, 0.1) is 0 Å². The van der Waals surface area contributed by atoms with Crippen LogP contribution in [0.4, 0.5) is 0 Å². The molecule has 70 valence electrons. The quantitative estimate of drug-likeness (QED) is 0.607. The van der Waals surface area contributed by atoms with Gasteiger partial charge in [0.15, 0.2) is 0 Å². The number of carbonyl (C=O) groups excluding carboxylic acids is 1. The number of hydrogen-bond acceptors (Lipinski definition) is 2. The highest BCUT2D eigenvalue weighted by molar-refractivity contribution is 5.89. The van der Waals surface area contributed by atoms with Crippen molar-refractivity contribution < 1.29 is 9.53 Å². The topological polar surface area (TPSA) is 26.3 Å². The molecular weight excluding hydrogens is 164 g/mol. The third kappa shape index (κ3) is 2.90. The van der Waals surface area contributed by atoms with Gasteiger partial charge < -0.3 is 4.74 Å². The van der Waals surface area contributed by atoms with E-state index in [1.807, 2.05) is 38.2 Å². The van der Waals surface area contributed by atoms with Gasteiger partial charge in [-0.3, -0.25) is 0 Å². The monoisotopic (exact) mass is 178 g/mol. The van der Waals surface area contributed by atoms with E-state index in [1.54, 1.807) is 0 Å². The highest BCUT2D eigenvalue weighted by atomic mass is 16.5. The lowest BCUT2D eigenvalue weighted by molar-refractivity contribution is -0.138. The number of ether oxygens (including phenoxy) is 1. The average molecular weight is 178 g/mol. The second-order valence-corrected chi connectivity index (χ2v) is 2.93. The van der Waals surface area contributed by atoms with Gasteiger partial charge in [0, 0.05) is 5.57 Å². The lowest BCUT2D eigenvalue weighted by Crippen LogP contribution is -2.06. The Hall–Kier alpha value is -1.31. The minimum absolute atomic E-state index is 0.210. The lowest BCUT2D eigenvalue weighted by Gasteiger charge is -2.02. The zero-order chi connectivity index (χ0) is 9.68. The van der Waals surface area contributed by atoms with Crippen LogP contribution in [0.2, 0.25) is 0 Å². The fourth-order valence-electron chi connectivity index (χ4n) is 1.10. The Morgan fingerprint density at radius 1 is 1.54 bits per heavy atom. The number of allylic oxidation sites excluding steroid dienone is 5. The minimum Gasteiger partial charge on any atom is -0.463 e. The van der Waals surface area contributed by atoms with Crippen molar-refractivity contribution in [2.24, 2.45) is 0 Å². The molecule has 0 unspecified atom stereocenters. The van der Waals surface area contributed by atoms with Gasteiger partial charge in [0.25, 0.3) is 0 Å². The van der Waals surface area contributed by atoms with Crippen LogP contribution in [-0.2, 0) is 9.53 Å². The molecule has 0 amide bonds. The van der Waals surface area contributed by atoms with Gasteiger partial charge in [0.1, 0.15) is 0 Å². The molecule has 0 aliphatic heterocycles. The Labute approximate surface area is 78.6 Å². The smallest absolute Gasteiger partial charge is 0.334 e.